The minimum atomic E-state index is 0.495. The molecule has 1 saturated heterocycles. The number of rotatable bonds is 2. The fourth-order valence-corrected chi connectivity index (χ4v) is 3.32. The lowest BCUT2D eigenvalue weighted by molar-refractivity contribution is 0.487. The molecule has 3 aromatic heterocycles. The molecule has 4 heterocycles. The molecule has 0 atom stereocenters. The van der Waals surface area contributed by atoms with Gasteiger partial charge in [0.15, 0.2) is 0 Å². The van der Waals surface area contributed by atoms with Crippen LogP contribution < -0.4 is 4.90 Å². The summed E-state index contributed by atoms with van der Waals surface area (Å²) in [5, 5.41) is 1.55. The van der Waals surface area contributed by atoms with Gasteiger partial charge in [0, 0.05) is 49.1 Å². The van der Waals surface area contributed by atoms with Crippen LogP contribution in [0.5, 0.6) is 0 Å². The Morgan fingerprint density at radius 2 is 2.05 bits per heavy atom. The van der Waals surface area contributed by atoms with Crippen molar-refractivity contribution in [3.8, 4) is 0 Å². The van der Waals surface area contributed by atoms with Gasteiger partial charge in [0.2, 0.25) is 0 Å². The van der Waals surface area contributed by atoms with Crippen LogP contribution in [0.3, 0.4) is 0 Å². The van der Waals surface area contributed by atoms with Crippen molar-refractivity contribution in [1.82, 2.24) is 19.9 Å². The normalized spacial score (nSPS) is 16.3. The van der Waals surface area contributed by atoms with Crippen LogP contribution in [0.1, 0.15) is 24.6 Å². The summed E-state index contributed by atoms with van der Waals surface area (Å²) >= 11 is 6.16. The molecule has 112 valence electrons. The number of piperidine rings is 1. The summed E-state index contributed by atoms with van der Waals surface area (Å²) in [6, 6.07) is 5.81. The molecule has 0 spiro atoms. The molecule has 0 amide bonds. The van der Waals surface area contributed by atoms with Crippen LogP contribution in [-0.4, -0.2) is 33.0 Å². The van der Waals surface area contributed by atoms with E-state index in [1.54, 1.807) is 6.20 Å². The zero-order chi connectivity index (χ0) is 14.9. The number of nitrogens with one attached hydrogen (secondary N) is 1. The zero-order valence-electron chi connectivity index (χ0n) is 12.0. The van der Waals surface area contributed by atoms with Crippen molar-refractivity contribution in [2.75, 3.05) is 18.0 Å². The number of imidazole rings is 1. The van der Waals surface area contributed by atoms with E-state index in [2.05, 4.69) is 30.9 Å². The van der Waals surface area contributed by atoms with Gasteiger partial charge in [-0.3, -0.25) is 4.98 Å². The highest BCUT2D eigenvalue weighted by Gasteiger charge is 2.24. The van der Waals surface area contributed by atoms with Crippen molar-refractivity contribution >= 4 is 28.3 Å². The summed E-state index contributed by atoms with van der Waals surface area (Å²) in [7, 11) is 0. The maximum absolute atomic E-state index is 6.16. The molecule has 0 aromatic carbocycles. The smallest absolute Gasteiger partial charge is 0.139 e. The predicted molar refractivity (Wildman–Crippen MR) is 87.3 cm³/mol. The average molecular weight is 314 g/mol. The Hall–Kier alpha value is -2.14. The van der Waals surface area contributed by atoms with Gasteiger partial charge >= 0.3 is 0 Å². The van der Waals surface area contributed by atoms with Gasteiger partial charge in [-0.1, -0.05) is 11.6 Å². The minimum Gasteiger partial charge on any atom is -0.356 e. The summed E-state index contributed by atoms with van der Waals surface area (Å²) in [4.78, 5) is 18.8. The van der Waals surface area contributed by atoms with Crippen LogP contribution in [0.2, 0.25) is 5.15 Å². The number of hydrogen-bond acceptors (Lipinski definition) is 4. The van der Waals surface area contributed by atoms with Crippen LogP contribution in [0.4, 0.5) is 5.82 Å². The van der Waals surface area contributed by atoms with Gasteiger partial charge < -0.3 is 9.88 Å². The van der Waals surface area contributed by atoms with Crippen molar-refractivity contribution in [3.63, 3.8) is 0 Å². The highest BCUT2D eigenvalue weighted by atomic mass is 35.5. The molecule has 1 fully saturated rings. The Morgan fingerprint density at radius 3 is 2.82 bits per heavy atom. The van der Waals surface area contributed by atoms with E-state index in [0.29, 0.717) is 11.1 Å². The second kappa shape index (κ2) is 5.57. The van der Waals surface area contributed by atoms with Gasteiger partial charge in [-0.15, -0.1) is 0 Å². The first-order chi connectivity index (χ1) is 10.8. The number of halogens is 1. The molecule has 5 nitrogen and oxygen atoms in total. The lowest BCUT2D eigenvalue weighted by atomic mass is 9.96. The van der Waals surface area contributed by atoms with Crippen LogP contribution in [0, 0.1) is 0 Å². The van der Waals surface area contributed by atoms with E-state index in [9.17, 15) is 0 Å². The first-order valence-corrected chi connectivity index (χ1v) is 7.84. The number of H-pyrrole nitrogens is 1. The molecule has 1 aliphatic heterocycles. The Bertz CT molecular complexity index is 778. The van der Waals surface area contributed by atoms with Gasteiger partial charge in [-0.05, 0) is 25.0 Å². The number of anilines is 1. The maximum Gasteiger partial charge on any atom is 0.139 e. The molecule has 0 unspecified atom stereocenters. The van der Waals surface area contributed by atoms with Crippen LogP contribution in [0.15, 0.2) is 36.8 Å². The number of pyridine rings is 2. The quantitative estimate of drug-likeness (QED) is 0.737. The number of hydrogen-bond donors (Lipinski definition) is 1. The predicted octanol–water partition coefficient (Wildman–Crippen LogP) is 3.39. The topological polar surface area (TPSA) is 57.7 Å². The minimum absolute atomic E-state index is 0.495. The first kappa shape index (κ1) is 13.5. The maximum atomic E-state index is 6.16. The summed E-state index contributed by atoms with van der Waals surface area (Å²) in [6.45, 7) is 1.89. The van der Waals surface area contributed by atoms with Gasteiger partial charge in [0.25, 0.3) is 0 Å². The van der Waals surface area contributed by atoms with E-state index in [0.717, 1.165) is 48.5 Å². The molecule has 0 radical (unpaired) electrons. The summed E-state index contributed by atoms with van der Waals surface area (Å²) < 4.78 is 0. The van der Waals surface area contributed by atoms with Gasteiger partial charge in [-0.25, -0.2) is 9.97 Å². The largest absolute Gasteiger partial charge is 0.356 e. The third-order valence-electron chi connectivity index (χ3n) is 4.25. The molecular weight excluding hydrogens is 298 g/mol. The molecule has 22 heavy (non-hydrogen) atoms. The number of aromatic amines is 1. The van der Waals surface area contributed by atoms with Gasteiger partial charge in [0.1, 0.15) is 16.8 Å². The van der Waals surface area contributed by atoms with Crippen molar-refractivity contribution < 1.29 is 0 Å². The zero-order valence-corrected chi connectivity index (χ0v) is 12.8. The highest BCUT2D eigenvalue weighted by Crippen LogP contribution is 2.32. The van der Waals surface area contributed by atoms with Gasteiger partial charge in [0.05, 0.1) is 5.52 Å². The first-order valence-electron chi connectivity index (χ1n) is 7.47. The second-order valence-electron chi connectivity index (χ2n) is 5.57. The van der Waals surface area contributed by atoms with E-state index in [4.69, 9.17) is 11.6 Å². The Kier molecular flexibility index (Phi) is 3.42. The van der Waals surface area contributed by atoms with E-state index >= 15 is 0 Å². The fraction of sp³-hybridized carbons (Fsp3) is 0.312. The van der Waals surface area contributed by atoms with Crippen LogP contribution >= 0.6 is 11.6 Å². The van der Waals surface area contributed by atoms with Crippen LogP contribution in [-0.2, 0) is 0 Å². The third-order valence-corrected chi connectivity index (χ3v) is 4.44. The van der Waals surface area contributed by atoms with Crippen molar-refractivity contribution in [2.24, 2.45) is 0 Å². The molecule has 0 bridgehead atoms. The van der Waals surface area contributed by atoms with Gasteiger partial charge in [-0.2, -0.15) is 0 Å². The summed E-state index contributed by atoms with van der Waals surface area (Å²) in [6.07, 6.45) is 7.61. The molecule has 6 heteroatoms. The molecule has 0 aliphatic carbocycles. The van der Waals surface area contributed by atoms with E-state index in [1.165, 1.54) is 0 Å². The Morgan fingerprint density at radius 1 is 1.18 bits per heavy atom. The summed E-state index contributed by atoms with van der Waals surface area (Å²) in [5.74, 6) is 2.52. The lowest BCUT2D eigenvalue weighted by Crippen LogP contribution is -2.34. The van der Waals surface area contributed by atoms with Crippen LogP contribution in [0.25, 0.3) is 10.9 Å². The highest BCUT2D eigenvalue weighted by molar-refractivity contribution is 6.30. The van der Waals surface area contributed by atoms with E-state index in [1.807, 2.05) is 24.5 Å². The third kappa shape index (κ3) is 2.41. The SMILES string of the molecule is Clc1cc2ncccc2c(N2CCC(c3ncc[nH]3)CC2)n1. The lowest BCUT2D eigenvalue weighted by Gasteiger charge is -2.32. The van der Waals surface area contributed by atoms with E-state index in [-0.39, 0.29) is 0 Å². The molecule has 0 saturated carbocycles. The van der Waals surface area contributed by atoms with E-state index < -0.39 is 0 Å². The molecule has 1 N–H and O–H groups in total. The Balaban J connectivity index is 1.61. The standard InChI is InChI=1S/C16H16ClN5/c17-14-10-13-12(2-1-5-18-13)16(21-14)22-8-3-11(4-9-22)15-19-6-7-20-15/h1-2,5-7,10-11H,3-4,8-9H2,(H,19,20). The summed E-state index contributed by atoms with van der Waals surface area (Å²) in [5.41, 5.74) is 0.894. The number of aromatic nitrogens is 4. The number of nitrogens with zero attached hydrogens (tertiary/aromatic N) is 4. The monoisotopic (exact) mass is 313 g/mol. The fourth-order valence-electron chi connectivity index (χ4n) is 3.13. The van der Waals surface area contributed by atoms with Crippen molar-refractivity contribution in [1.29, 1.82) is 0 Å². The molecular formula is C16H16ClN5. The second-order valence-corrected chi connectivity index (χ2v) is 5.96. The molecule has 4 rings (SSSR count). The average Bonchev–Trinajstić information content (AvgIpc) is 3.09. The van der Waals surface area contributed by atoms with Crippen molar-refractivity contribution in [2.45, 2.75) is 18.8 Å². The molecule has 3 aromatic rings. The number of fused-ring (bicyclic) bond motifs is 1. The molecule has 1 aliphatic rings. The van der Waals surface area contributed by atoms with Crippen molar-refractivity contribution in [3.05, 3.63) is 47.8 Å². The Labute approximate surface area is 133 Å².